The van der Waals surface area contributed by atoms with Gasteiger partial charge < -0.3 is 20.3 Å². The van der Waals surface area contributed by atoms with E-state index in [2.05, 4.69) is 10.6 Å². The van der Waals surface area contributed by atoms with Gasteiger partial charge in [-0.05, 0) is 36.2 Å². The zero-order valence-corrected chi connectivity index (χ0v) is 18.2. The number of thiophene rings is 1. The molecule has 2 N–H and O–H groups in total. The van der Waals surface area contributed by atoms with E-state index in [-0.39, 0.29) is 11.8 Å². The predicted octanol–water partition coefficient (Wildman–Crippen LogP) is 3.68. The molecule has 1 fully saturated rings. The lowest BCUT2D eigenvalue weighted by Gasteiger charge is -2.28. The van der Waals surface area contributed by atoms with Gasteiger partial charge in [0.25, 0.3) is 5.91 Å². The van der Waals surface area contributed by atoms with E-state index in [0.717, 1.165) is 28.2 Å². The number of carbonyl (C=O) groups excluding carboxylic acids is 2. The molecule has 1 aromatic heterocycles. The minimum Gasteiger partial charge on any atom is -0.492 e. The third-order valence-electron chi connectivity index (χ3n) is 5.06. The summed E-state index contributed by atoms with van der Waals surface area (Å²) in [4.78, 5) is 28.1. The molecule has 1 saturated heterocycles. The third-order valence-corrected chi connectivity index (χ3v) is 6.22. The quantitative estimate of drug-likeness (QED) is 0.594. The van der Waals surface area contributed by atoms with E-state index in [0.29, 0.717) is 36.9 Å². The molecule has 0 unspecified atom stereocenters. The summed E-state index contributed by atoms with van der Waals surface area (Å²) in [6.07, 6.45) is 0. The standard InChI is InChI=1S/C24H25N3O3S/c1-2-30-20-14-21(18-6-4-3-5-7-18)31-23(20)24(29)26-15-17-8-10-19(11-9-17)27-13-12-25-22(28)16-27/h3-11,14H,2,12-13,15-16H2,1H3,(H,25,28)(H,26,29). The second-order valence-electron chi connectivity index (χ2n) is 7.22. The van der Waals surface area contributed by atoms with Crippen LogP contribution in [0.5, 0.6) is 5.75 Å². The van der Waals surface area contributed by atoms with Gasteiger partial charge in [-0.25, -0.2) is 0 Å². The maximum absolute atomic E-state index is 12.9. The molecule has 3 aromatic rings. The van der Waals surface area contributed by atoms with Crippen LogP contribution in [0.4, 0.5) is 5.69 Å². The fourth-order valence-electron chi connectivity index (χ4n) is 3.49. The van der Waals surface area contributed by atoms with E-state index >= 15 is 0 Å². The first kappa shape index (κ1) is 20.9. The molecule has 2 amide bonds. The van der Waals surface area contributed by atoms with Crippen LogP contribution >= 0.6 is 11.3 Å². The molecular weight excluding hydrogens is 410 g/mol. The lowest BCUT2D eigenvalue weighted by atomic mass is 10.1. The van der Waals surface area contributed by atoms with E-state index in [1.165, 1.54) is 11.3 Å². The second-order valence-corrected chi connectivity index (χ2v) is 8.28. The van der Waals surface area contributed by atoms with Crippen molar-refractivity contribution in [3.8, 4) is 16.2 Å². The minimum absolute atomic E-state index is 0.0403. The smallest absolute Gasteiger partial charge is 0.265 e. The zero-order valence-electron chi connectivity index (χ0n) is 17.4. The van der Waals surface area contributed by atoms with E-state index in [4.69, 9.17) is 4.74 Å². The summed E-state index contributed by atoms with van der Waals surface area (Å²) in [5, 5.41) is 5.83. The van der Waals surface area contributed by atoms with Gasteiger partial charge in [0.1, 0.15) is 10.6 Å². The van der Waals surface area contributed by atoms with E-state index in [9.17, 15) is 9.59 Å². The van der Waals surface area contributed by atoms with Crippen molar-refractivity contribution in [2.24, 2.45) is 0 Å². The summed E-state index contributed by atoms with van der Waals surface area (Å²) in [6.45, 7) is 4.66. The Hall–Kier alpha value is -3.32. The summed E-state index contributed by atoms with van der Waals surface area (Å²) in [6, 6.07) is 19.9. The molecule has 0 aliphatic carbocycles. The topological polar surface area (TPSA) is 70.7 Å². The van der Waals surface area contributed by atoms with E-state index < -0.39 is 0 Å². The van der Waals surface area contributed by atoms with Crippen molar-refractivity contribution in [2.45, 2.75) is 13.5 Å². The maximum Gasteiger partial charge on any atom is 0.265 e. The van der Waals surface area contributed by atoms with Crippen molar-refractivity contribution in [1.82, 2.24) is 10.6 Å². The molecule has 4 rings (SSSR count). The summed E-state index contributed by atoms with van der Waals surface area (Å²) < 4.78 is 5.72. The van der Waals surface area contributed by atoms with Crippen LogP contribution in [0.15, 0.2) is 60.7 Å². The van der Waals surface area contributed by atoms with Crippen LogP contribution in [-0.4, -0.2) is 38.1 Å². The number of rotatable bonds is 7. The first-order valence-corrected chi connectivity index (χ1v) is 11.2. The van der Waals surface area contributed by atoms with Gasteiger partial charge in [-0.2, -0.15) is 0 Å². The van der Waals surface area contributed by atoms with Crippen molar-refractivity contribution in [3.63, 3.8) is 0 Å². The highest BCUT2D eigenvalue weighted by atomic mass is 32.1. The number of carbonyl (C=O) groups is 2. The van der Waals surface area contributed by atoms with Crippen LogP contribution in [0.25, 0.3) is 10.4 Å². The number of nitrogens with one attached hydrogen (secondary N) is 2. The minimum atomic E-state index is -0.146. The Morgan fingerprint density at radius 3 is 2.65 bits per heavy atom. The van der Waals surface area contributed by atoms with Gasteiger partial charge in [0, 0.05) is 30.2 Å². The van der Waals surface area contributed by atoms with Crippen molar-refractivity contribution in [3.05, 3.63) is 71.1 Å². The molecule has 0 radical (unpaired) electrons. The molecule has 0 bridgehead atoms. The molecule has 31 heavy (non-hydrogen) atoms. The summed E-state index contributed by atoms with van der Waals surface area (Å²) in [7, 11) is 0. The highest BCUT2D eigenvalue weighted by Crippen LogP contribution is 2.36. The number of benzene rings is 2. The molecule has 2 heterocycles. The van der Waals surface area contributed by atoms with Crippen molar-refractivity contribution in [1.29, 1.82) is 0 Å². The van der Waals surface area contributed by atoms with Gasteiger partial charge in [-0.3, -0.25) is 9.59 Å². The Labute approximate surface area is 185 Å². The van der Waals surface area contributed by atoms with Gasteiger partial charge in [-0.1, -0.05) is 42.5 Å². The Morgan fingerprint density at radius 1 is 1.16 bits per heavy atom. The van der Waals surface area contributed by atoms with Crippen molar-refractivity contribution in [2.75, 3.05) is 31.1 Å². The van der Waals surface area contributed by atoms with Crippen LogP contribution in [-0.2, 0) is 11.3 Å². The summed E-state index contributed by atoms with van der Waals surface area (Å²) in [5.41, 5.74) is 3.07. The van der Waals surface area contributed by atoms with Gasteiger partial charge in [-0.15, -0.1) is 11.3 Å². The van der Waals surface area contributed by atoms with Crippen LogP contribution < -0.4 is 20.3 Å². The molecule has 2 aromatic carbocycles. The third kappa shape index (κ3) is 5.06. The summed E-state index contributed by atoms with van der Waals surface area (Å²) >= 11 is 1.44. The van der Waals surface area contributed by atoms with Gasteiger partial charge in [0.15, 0.2) is 0 Å². The Kier molecular flexibility index (Phi) is 6.52. The first-order valence-electron chi connectivity index (χ1n) is 10.3. The van der Waals surface area contributed by atoms with Crippen molar-refractivity contribution >= 4 is 28.8 Å². The average Bonchev–Trinajstić information content (AvgIpc) is 3.23. The molecule has 0 spiro atoms. The SMILES string of the molecule is CCOc1cc(-c2ccccc2)sc1C(=O)NCc1ccc(N2CCNC(=O)C2)cc1. The van der Waals surface area contributed by atoms with Crippen LogP contribution in [0.1, 0.15) is 22.2 Å². The number of amides is 2. The number of ether oxygens (including phenoxy) is 1. The van der Waals surface area contributed by atoms with Crippen molar-refractivity contribution < 1.29 is 14.3 Å². The lowest BCUT2D eigenvalue weighted by molar-refractivity contribution is -0.120. The maximum atomic E-state index is 12.9. The zero-order chi connectivity index (χ0) is 21.6. The highest BCUT2D eigenvalue weighted by Gasteiger charge is 2.19. The fourth-order valence-corrected chi connectivity index (χ4v) is 4.51. The molecule has 0 saturated carbocycles. The number of hydrogen-bond acceptors (Lipinski definition) is 5. The number of anilines is 1. The molecular formula is C24H25N3O3S. The average molecular weight is 436 g/mol. The Balaban J connectivity index is 1.42. The molecule has 1 aliphatic heterocycles. The largest absolute Gasteiger partial charge is 0.492 e. The molecule has 7 heteroatoms. The number of hydrogen-bond donors (Lipinski definition) is 2. The monoisotopic (exact) mass is 435 g/mol. The van der Waals surface area contributed by atoms with Crippen LogP contribution in [0, 0.1) is 0 Å². The van der Waals surface area contributed by atoms with Gasteiger partial charge in [0.05, 0.1) is 13.2 Å². The van der Waals surface area contributed by atoms with Crippen LogP contribution in [0.2, 0.25) is 0 Å². The molecule has 160 valence electrons. The molecule has 6 nitrogen and oxygen atoms in total. The Bertz CT molecular complexity index is 1050. The van der Waals surface area contributed by atoms with E-state index in [1.54, 1.807) is 0 Å². The Morgan fingerprint density at radius 2 is 1.94 bits per heavy atom. The summed E-state index contributed by atoms with van der Waals surface area (Å²) in [5.74, 6) is 0.508. The second kappa shape index (κ2) is 9.66. The first-order chi connectivity index (χ1) is 15.1. The van der Waals surface area contributed by atoms with Gasteiger partial charge >= 0.3 is 0 Å². The molecule has 1 aliphatic rings. The van der Waals surface area contributed by atoms with Crippen LogP contribution in [0.3, 0.4) is 0 Å². The van der Waals surface area contributed by atoms with E-state index in [1.807, 2.05) is 72.5 Å². The molecule has 0 atom stereocenters. The fraction of sp³-hybridized carbons (Fsp3) is 0.250. The predicted molar refractivity (Wildman–Crippen MR) is 124 cm³/mol. The number of piperazine rings is 1. The highest BCUT2D eigenvalue weighted by molar-refractivity contribution is 7.17. The lowest BCUT2D eigenvalue weighted by Crippen LogP contribution is -2.47. The van der Waals surface area contributed by atoms with Gasteiger partial charge in [0.2, 0.25) is 5.91 Å². The number of nitrogens with zero attached hydrogens (tertiary/aromatic N) is 1. The normalized spacial score (nSPS) is 13.6.